The van der Waals surface area contributed by atoms with Gasteiger partial charge in [-0.05, 0) is 95.8 Å². The summed E-state index contributed by atoms with van der Waals surface area (Å²) >= 11 is 15.4. The second kappa shape index (κ2) is 13.9. The Hall–Kier alpha value is -1.10. The van der Waals surface area contributed by atoms with E-state index < -0.39 is 0 Å². The van der Waals surface area contributed by atoms with E-state index in [9.17, 15) is 0 Å². The maximum absolute atomic E-state index is 2.31. The lowest BCUT2D eigenvalue weighted by molar-refractivity contribution is 0.896. The molecule has 206 valence electrons. The molecule has 0 aliphatic heterocycles. The fraction of sp³-hybridized carbons (Fsp3) is 0.250. The van der Waals surface area contributed by atoms with E-state index in [0.29, 0.717) is 0 Å². The standard InChI is InChI=1S/C32H30S8/c1-3-5-17-33-27-15-19-35-31(27)29-13-11-25(39-29)23-9-7-21(37-23)22-8-10-24(38-22)26-12-14-30(40-26)32-28(16-20-36-32)34-18-6-4-2/h7-16,19-20H,3-6,17-18H2,1-2H3. The molecule has 0 spiro atoms. The summed E-state index contributed by atoms with van der Waals surface area (Å²) in [6, 6.07) is 23.0. The van der Waals surface area contributed by atoms with E-state index in [1.165, 1.54) is 95.8 Å². The molecule has 0 saturated carbocycles. The van der Waals surface area contributed by atoms with Gasteiger partial charge in [0.15, 0.2) is 0 Å². The van der Waals surface area contributed by atoms with Crippen LogP contribution in [0.2, 0.25) is 0 Å². The summed E-state index contributed by atoms with van der Waals surface area (Å²) in [7, 11) is 0. The van der Waals surface area contributed by atoms with Gasteiger partial charge in [0.1, 0.15) is 0 Å². The zero-order valence-corrected chi connectivity index (χ0v) is 29.0. The highest BCUT2D eigenvalue weighted by Crippen LogP contribution is 2.47. The largest absolute Gasteiger partial charge is 0.142 e. The number of thiophene rings is 6. The van der Waals surface area contributed by atoms with E-state index in [-0.39, 0.29) is 0 Å². The van der Waals surface area contributed by atoms with Crippen molar-refractivity contribution in [3.63, 3.8) is 0 Å². The Labute approximate surface area is 270 Å². The van der Waals surface area contributed by atoms with Crippen LogP contribution in [0, 0.1) is 0 Å². The van der Waals surface area contributed by atoms with Gasteiger partial charge in [-0.2, -0.15) is 0 Å². The second-order valence-electron chi connectivity index (χ2n) is 9.29. The van der Waals surface area contributed by atoms with Crippen molar-refractivity contribution in [1.82, 2.24) is 0 Å². The summed E-state index contributed by atoms with van der Waals surface area (Å²) < 4.78 is 0. The van der Waals surface area contributed by atoms with E-state index in [2.05, 4.69) is 85.3 Å². The molecule has 40 heavy (non-hydrogen) atoms. The van der Waals surface area contributed by atoms with Crippen LogP contribution in [-0.4, -0.2) is 11.5 Å². The van der Waals surface area contributed by atoms with E-state index in [4.69, 9.17) is 0 Å². The zero-order valence-electron chi connectivity index (χ0n) is 22.4. The van der Waals surface area contributed by atoms with Crippen molar-refractivity contribution in [2.24, 2.45) is 0 Å². The third-order valence-corrected chi connectivity index (χ3v) is 16.0. The highest BCUT2D eigenvalue weighted by molar-refractivity contribution is 7.99. The van der Waals surface area contributed by atoms with E-state index >= 15 is 0 Å². The van der Waals surface area contributed by atoms with Crippen molar-refractivity contribution in [3.8, 4) is 48.8 Å². The third kappa shape index (κ3) is 6.60. The van der Waals surface area contributed by atoms with Gasteiger partial charge >= 0.3 is 0 Å². The zero-order chi connectivity index (χ0) is 27.3. The molecule has 0 aliphatic rings. The molecule has 6 aromatic rings. The van der Waals surface area contributed by atoms with Crippen LogP contribution >= 0.6 is 91.5 Å². The molecule has 0 amide bonds. The Morgan fingerprint density at radius 3 is 1.12 bits per heavy atom. The van der Waals surface area contributed by atoms with Crippen molar-refractivity contribution < 1.29 is 0 Å². The minimum absolute atomic E-state index is 1.20. The van der Waals surface area contributed by atoms with Crippen LogP contribution in [0.3, 0.4) is 0 Å². The molecule has 0 nitrogen and oxygen atoms in total. The van der Waals surface area contributed by atoms with Gasteiger partial charge in [0.2, 0.25) is 0 Å². The average Bonchev–Trinajstić information content (AvgIpc) is 3.80. The van der Waals surface area contributed by atoms with E-state index in [1.807, 2.05) is 91.5 Å². The predicted molar refractivity (Wildman–Crippen MR) is 192 cm³/mol. The number of rotatable bonds is 13. The van der Waals surface area contributed by atoms with Crippen molar-refractivity contribution >= 4 is 91.5 Å². The Morgan fingerprint density at radius 2 is 0.775 bits per heavy atom. The number of unbranched alkanes of at least 4 members (excludes halogenated alkanes) is 2. The van der Waals surface area contributed by atoms with Gasteiger partial charge in [0.25, 0.3) is 0 Å². The highest BCUT2D eigenvalue weighted by Gasteiger charge is 2.15. The van der Waals surface area contributed by atoms with Crippen LogP contribution in [-0.2, 0) is 0 Å². The van der Waals surface area contributed by atoms with Crippen LogP contribution < -0.4 is 0 Å². The number of hydrogen-bond acceptors (Lipinski definition) is 8. The fourth-order valence-corrected chi connectivity index (χ4v) is 13.4. The van der Waals surface area contributed by atoms with Gasteiger partial charge in [-0.3, -0.25) is 0 Å². The smallest absolute Gasteiger partial charge is 0.0578 e. The van der Waals surface area contributed by atoms with Crippen molar-refractivity contribution in [1.29, 1.82) is 0 Å². The normalized spacial score (nSPS) is 11.6. The first-order valence-electron chi connectivity index (χ1n) is 13.5. The first kappa shape index (κ1) is 29.0. The molecule has 6 heterocycles. The Kier molecular flexibility index (Phi) is 10.1. The molecule has 6 rings (SSSR count). The van der Waals surface area contributed by atoms with Gasteiger partial charge in [0, 0.05) is 48.8 Å². The fourth-order valence-electron chi connectivity index (χ4n) is 4.22. The van der Waals surface area contributed by atoms with Crippen molar-refractivity contribution in [2.75, 3.05) is 11.5 Å². The average molecular weight is 671 g/mol. The Morgan fingerprint density at radius 1 is 0.450 bits per heavy atom. The van der Waals surface area contributed by atoms with Gasteiger partial charge in [-0.25, -0.2) is 0 Å². The maximum Gasteiger partial charge on any atom is 0.0578 e. The third-order valence-electron chi connectivity index (χ3n) is 6.37. The minimum Gasteiger partial charge on any atom is -0.142 e. The summed E-state index contributed by atoms with van der Waals surface area (Å²) in [6.07, 6.45) is 5.06. The molecule has 0 atom stereocenters. The number of hydrogen-bond donors (Lipinski definition) is 0. The van der Waals surface area contributed by atoms with Crippen molar-refractivity contribution in [2.45, 2.75) is 49.3 Å². The number of thioether (sulfide) groups is 2. The topological polar surface area (TPSA) is 0 Å². The first-order chi connectivity index (χ1) is 19.7. The molecule has 0 saturated heterocycles. The SMILES string of the molecule is CCCCSc1ccsc1-c1ccc(-c2ccc(-c3ccc(-c4ccc(-c5sccc5SCCCC)s4)s3)s2)s1. The van der Waals surface area contributed by atoms with Gasteiger partial charge in [-0.15, -0.1) is 91.5 Å². The molecule has 0 aliphatic carbocycles. The summed E-state index contributed by atoms with van der Waals surface area (Å²) in [4.78, 5) is 16.7. The quantitative estimate of drug-likeness (QED) is 0.0886. The molecule has 0 fully saturated rings. The molecular formula is C32H30S8. The van der Waals surface area contributed by atoms with Crippen LogP contribution in [0.15, 0.2) is 81.2 Å². The molecule has 0 unspecified atom stereocenters. The van der Waals surface area contributed by atoms with Crippen LogP contribution in [0.25, 0.3) is 48.8 Å². The van der Waals surface area contributed by atoms with Gasteiger partial charge in [0.05, 0.1) is 9.75 Å². The van der Waals surface area contributed by atoms with Gasteiger partial charge in [-0.1, -0.05) is 26.7 Å². The van der Waals surface area contributed by atoms with E-state index in [0.717, 1.165) is 0 Å². The summed E-state index contributed by atoms with van der Waals surface area (Å²) in [5.41, 5.74) is 0. The Balaban J connectivity index is 1.16. The predicted octanol–water partition coefficient (Wildman–Crippen LogP) is 14.2. The van der Waals surface area contributed by atoms with Crippen molar-refractivity contribution in [3.05, 3.63) is 71.4 Å². The van der Waals surface area contributed by atoms with Crippen LogP contribution in [0.1, 0.15) is 39.5 Å². The monoisotopic (exact) mass is 670 g/mol. The summed E-state index contributed by atoms with van der Waals surface area (Å²) in [6.45, 7) is 4.53. The molecule has 6 aromatic heterocycles. The minimum atomic E-state index is 1.20. The van der Waals surface area contributed by atoms with Gasteiger partial charge < -0.3 is 0 Å². The lowest BCUT2D eigenvalue weighted by atomic mass is 10.3. The molecule has 8 heteroatoms. The molecule has 0 N–H and O–H groups in total. The Bertz CT molecular complexity index is 1530. The second-order valence-corrected chi connectivity index (χ2v) is 17.7. The lowest BCUT2D eigenvalue weighted by Gasteiger charge is -2.01. The lowest BCUT2D eigenvalue weighted by Crippen LogP contribution is -1.77. The highest BCUT2D eigenvalue weighted by atomic mass is 32.2. The van der Waals surface area contributed by atoms with Crippen LogP contribution in [0.4, 0.5) is 0 Å². The first-order valence-corrected chi connectivity index (χ1v) is 20.5. The summed E-state index contributed by atoms with van der Waals surface area (Å²) in [5, 5.41) is 4.48. The van der Waals surface area contributed by atoms with Crippen LogP contribution in [0.5, 0.6) is 0 Å². The molecule has 0 bridgehead atoms. The molecule has 0 aromatic carbocycles. The molecular weight excluding hydrogens is 641 g/mol. The van der Waals surface area contributed by atoms with E-state index in [1.54, 1.807) is 0 Å². The molecule has 0 radical (unpaired) electrons. The summed E-state index contributed by atoms with van der Waals surface area (Å²) in [5.74, 6) is 2.41. The maximum atomic E-state index is 2.31.